The first-order valence-corrected chi connectivity index (χ1v) is 8.26. The molecule has 1 amide bonds. The largest absolute Gasteiger partial charge is 0.344 e. The van der Waals surface area contributed by atoms with Gasteiger partial charge in [-0.3, -0.25) is 4.79 Å². The Bertz CT molecular complexity index is 507. The van der Waals surface area contributed by atoms with E-state index in [0.29, 0.717) is 6.42 Å². The van der Waals surface area contributed by atoms with Crippen LogP contribution in [0.4, 0.5) is 4.39 Å². The molecule has 0 aliphatic rings. The van der Waals surface area contributed by atoms with Crippen molar-refractivity contribution >= 4 is 21.8 Å². The number of benzene rings is 1. The van der Waals surface area contributed by atoms with Gasteiger partial charge in [-0.25, -0.2) is 4.39 Å². The third kappa shape index (κ3) is 5.89. The number of hydrogen-bond donors (Lipinski definition) is 1. The highest BCUT2D eigenvalue weighted by Gasteiger charge is 2.21. The zero-order valence-corrected chi connectivity index (χ0v) is 14.8. The maximum absolute atomic E-state index is 13.4. The fraction of sp³-hybridized carbons (Fsp3) is 0.471. The Hall–Kier alpha value is -1.20. The van der Waals surface area contributed by atoms with Gasteiger partial charge >= 0.3 is 0 Å². The van der Waals surface area contributed by atoms with Crippen LogP contribution in [0.5, 0.6) is 0 Å². The van der Waals surface area contributed by atoms with Gasteiger partial charge in [-0.1, -0.05) is 22.0 Å². The van der Waals surface area contributed by atoms with E-state index in [1.807, 2.05) is 6.08 Å². The molecule has 1 atom stereocenters. The van der Waals surface area contributed by atoms with Gasteiger partial charge in [0, 0.05) is 18.1 Å². The van der Waals surface area contributed by atoms with E-state index >= 15 is 0 Å². The highest BCUT2D eigenvalue weighted by atomic mass is 79.9. The lowest BCUT2D eigenvalue weighted by atomic mass is 10.0. The summed E-state index contributed by atoms with van der Waals surface area (Å²) in [4.78, 5) is 14.2. The summed E-state index contributed by atoms with van der Waals surface area (Å²) in [7, 11) is 3.56. The lowest BCUT2D eigenvalue weighted by Gasteiger charge is -2.24. The summed E-state index contributed by atoms with van der Waals surface area (Å²) in [6.45, 7) is 4.41. The molecule has 0 saturated carbocycles. The number of carbonyl (C=O) groups excluding carboxylic acids is 1. The second kappa shape index (κ2) is 9.74. The van der Waals surface area contributed by atoms with Gasteiger partial charge in [-0.2, -0.15) is 0 Å². The molecule has 0 bridgehead atoms. The van der Waals surface area contributed by atoms with Crippen molar-refractivity contribution in [3.63, 3.8) is 0 Å². The first kappa shape index (κ1) is 18.8. The smallest absolute Gasteiger partial charge is 0.239 e. The predicted molar refractivity (Wildman–Crippen MR) is 92.3 cm³/mol. The van der Waals surface area contributed by atoms with Crippen LogP contribution in [0.2, 0.25) is 0 Å². The van der Waals surface area contributed by atoms with Crippen LogP contribution in [-0.4, -0.2) is 37.5 Å². The van der Waals surface area contributed by atoms with Crippen LogP contribution in [-0.2, 0) is 11.2 Å². The van der Waals surface area contributed by atoms with E-state index in [2.05, 4.69) is 27.8 Å². The summed E-state index contributed by atoms with van der Waals surface area (Å²) in [5.74, 6) is -0.268. The third-order valence-electron chi connectivity index (χ3n) is 3.61. The molecule has 0 heterocycles. The van der Waals surface area contributed by atoms with Crippen molar-refractivity contribution in [2.24, 2.45) is 0 Å². The zero-order chi connectivity index (χ0) is 16.5. The molecule has 0 radical (unpaired) electrons. The Morgan fingerprint density at radius 1 is 1.50 bits per heavy atom. The number of rotatable bonds is 9. The highest BCUT2D eigenvalue weighted by molar-refractivity contribution is 9.10. The first-order valence-electron chi connectivity index (χ1n) is 7.46. The quantitative estimate of drug-likeness (QED) is 0.532. The fourth-order valence-electron chi connectivity index (χ4n) is 2.25. The van der Waals surface area contributed by atoms with Crippen molar-refractivity contribution in [3.8, 4) is 0 Å². The van der Waals surface area contributed by atoms with E-state index in [1.54, 1.807) is 25.1 Å². The van der Waals surface area contributed by atoms with E-state index in [9.17, 15) is 9.18 Å². The number of nitrogens with one attached hydrogen (secondary N) is 1. The van der Waals surface area contributed by atoms with Gasteiger partial charge in [-0.05, 0) is 56.5 Å². The molecule has 0 aliphatic heterocycles. The summed E-state index contributed by atoms with van der Waals surface area (Å²) < 4.78 is 14.2. The minimum atomic E-state index is -0.359. The second-order valence-electron chi connectivity index (χ2n) is 5.33. The molecule has 0 saturated heterocycles. The molecular formula is C17H24BrFN2O. The van der Waals surface area contributed by atoms with Crippen LogP contribution in [0.1, 0.15) is 24.8 Å². The second-order valence-corrected chi connectivity index (χ2v) is 6.18. The number of amides is 1. The normalized spacial score (nSPS) is 12.0. The molecule has 5 heteroatoms. The van der Waals surface area contributed by atoms with Crippen molar-refractivity contribution in [1.82, 2.24) is 10.2 Å². The molecule has 0 unspecified atom stereocenters. The van der Waals surface area contributed by atoms with Crippen molar-refractivity contribution in [3.05, 3.63) is 46.7 Å². The monoisotopic (exact) mass is 370 g/mol. The Morgan fingerprint density at radius 3 is 2.86 bits per heavy atom. The molecule has 0 aromatic heterocycles. The predicted octanol–water partition coefficient (Wildman–Crippen LogP) is 3.53. The van der Waals surface area contributed by atoms with Crippen LogP contribution >= 0.6 is 15.9 Å². The Morgan fingerprint density at radius 2 is 2.23 bits per heavy atom. The summed E-state index contributed by atoms with van der Waals surface area (Å²) in [5, 5.41) is 3.03. The lowest BCUT2D eigenvalue weighted by molar-refractivity contribution is -0.132. The summed E-state index contributed by atoms with van der Waals surface area (Å²) in [6.07, 6.45) is 5.28. The number of carbonyl (C=O) groups is 1. The van der Waals surface area contributed by atoms with E-state index < -0.39 is 0 Å². The summed E-state index contributed by atoms with van der Waals surface area (Å²) in [6, 6.07) is 4.17. The van der Waals surface area contributed by atoms with Gasteiger partial charge < -0.3 is 10.2 Å². The van der Waals surface area contributed by atoms with Gasteiger partial charge in [-0.15, -0.1) is 6.58 Å². The molecule has 1 aromatic carbocycles. The van der Waals surface area contributed by atoms with Gasteiger partial charge in [0.1, 0.15) is 5.82 Å². The standard InChI is InChI=1S/C17H24BrFN2O/c1-4-5-6-7-10-21(3)17(22)16(20-2)12-13-11-14(19)8-9-15(13)18/h4,8-9,11,16,20H,1,5-7,10,12H2,2-3H3/t16-/m0/s1. The van der Waals surface area contributed by atoms with Crippen LogP contribution in [0, 0.1) is 5.82 Å². The minimum Gasteiger partial charge on any atom is -0.344 e. The average Bonchev–Trinajstić information content (AvgIpc) is 2.51. The van der Waals surface area contributed by atoms with E-state index in [1.165, 1.54) is 12.1 Å². The number of unbranched alkanes of at least 4 members (excludes halogenated alkanes) is 2. The highest BCUT2D eigenvalue weighted by Crippen LogP contribution is 2.20. The van der Waals surface area contributed by atoms with Crippen molar-refractivity contribution < 1.29 is 9.18 Å². The summed E-state index contributed by atoms with van der Waals surface area (Å²) in [5.41, 5.74) is 0.785. The zero-order valence-electron chi connectivity index (χ0n) is 13.2. The lowest BCUT2D eigenvalue weighted by Crippen LogP contribution is -2.45. The maximum Gasteiger partial charge on any atom is 0.239 e. The minimum absolute atomic E-state index is 0.0252. The van der Waals surface area contributed by atoms with Gasteiger partial charge in [0.15, 0.2) is 0 Å². The van der Waals surface area contributed by atoms with E-state index in [-0.39, 0.29) is 17.8 Å². The van der Waals surface area contributed by atoms with Crippen LogP contribution in [0.15, 0.2) is 35.3 Å². The average molecular weight is 371 g/mol. The van der Waals surface area contributed by atoms with E-state index in [0.717, 1.165) is 35.8 Å². The van der Waals surface area contributed by atoms with Crippen LogP contribution in [0.25, 0.3) is 0 Å². The number of likely N-dealkylation sites (N-methyl/N-ethyl adjacent to an activating group) is 2. The first-order chi connectivity index (χ1) is 10.5. The molecule has 1 aromatic rings. The Balaban J connectivity index is 2.63. The molecule has 0 fully saturated rings. The number of hydrogen-bond acceptors (Lipinski definition) is 2. The van der Waals surface area contributed by atoms with Gasteiger partial charge in [0.25, 0.3) is 0 Å². The maximum atomic E-state index is 13.4. The molecule has 1 rings (SSSR count). The van der Waals surface area contributed by atoms with Crippen molar-refractivity contribution in [1.29, 1.82) is 0 Å². The number of halogens is 2. The van der Waals surface area contributed by atoms with Gasteiger partial charge in [0.05, 0.1) is 6.04 Å². The molecule has 1 N–H and O–H groups in total. The van der Waals surface area contributed by atoms with Gasteiger partial charge in [0.2, 0.25) is 5.91 Å². The molecule has 0 aliphatic carbocycles. The Labute approximate surface area is 140 Å². The van der Waals surface area contributed by atoms with Crippen molar-refractivity contribution in [2.75, 3.05) is 20.6 Å². The Kier molecular flexibility index (Phi) is 8.35. The molecule has 122 valence electrons. The van der Waals surface area contributed by atoms with Crippen molar-refractivity contribution in [2.45, 2.75) is 31.7 Å². The number of nitrogens with zero attached hydrogens (tertiary/aromatic N) is 1. The summed E-state index contributed by atoms with van der Waals surface area (Å²) >= 11 is 3.40. The number of allylic oxidation sites excluding steroid dienone is 1. The molecule has 3 nitrogen and oxygen atoms in total. The van der Waals surface area contributed by atoms with Crippen LogP contribution in [0.3, 0.4) is 0 Å². The molecule has 0 spiro atoms. The third-order valence-corrected chi connectivity index (χ3v) is 4.38. The van der Waals surface area contributed by atoms with Crippen LogP contribution < -0.4 is 5.32 Å². The molecular weight excluding hydrogens is 347 g/mol. The molecule has 22 heavy (non-hydrogen) atoms. The topological polar surface area (TPSA) is 32.3 Å². The SMILES string of the molecule is C=CCCCCN(C)C(=O)[C@H](Cc1cc(F)ccc1Br)NC. The fourth-order valence-corrected chi connectivity index (χ4v) is 2.65. The van der Waals surface area contributed by atoms with E-state index in [4.69, 9.17) is 0 Å².